The minimum atomic E-state index is -0.106. The molecule has 1 N–H and O–H groups in total. The van der Waals surface area contributed by atoms with Crippen LogP contribution in [0.25, 0.3) is 0 Å². The number of carbonyl (C=O) groups is 1. The van der Waals surface area contributed by atoms with Gasteiger partial charge in [-0.25, -0.2) is 0 Å². The number of rotatable bonds is 0. The minimum Gasteiger partial charge on any atom is -0.493 e. The van der Waals surface area contributed by atoms with Gasteiger partial charge in [-0.05, 0) is 12.2 Å². The molecular formula is C7H7NO2. The summed E-state index contributed by atoms with van der Waals surface area (Å²) in [6.45, 7) is 0. The van der Waals surface area contributed by atoms with Crippen LogP contribution in [-0.2, 0) is 9.53 Å². The van der Waals surface area contributed by atoms with E-state index in [2.05, 4.69) is 5.32 Å². The van der Waals surface area contributed by atoms with Gasteiger partial charge >= 0.3 is 0 Å². The highest BCUT2D eigenvalue weighted by atomic mass is 16.5. The van der Waals surface area contributed by atoms with E-state index in [1.165, 1.54) is 0 Å². The van der Waals surface area contributed by atoms with Gasteiger partial charge in [-0.15, -0.1) is 0 Å². The van der Waals surface area contributed by atoms with Gasteiger partial charge in [0.15, 0.2) is 0 Å². The van der Waals surface area contributed by atoms with E-state index >= 15 is 0 Å². The van der Waals surface area contributed by atoms with Gasteiger partial charge in [0.1, 0.15) is 12.0 Å². The van der Waals surface area contributed by atoms with Gasteiger partial charge in [-0.2, -0.15) is 0 Å². The van der Waals surface area contributed by atoms with Crippen LogP contribution in [-0.4, -0.2) is 12.0 Å². The highest BCUT2D eigenvalue weighted by Crippen LogP contribution is 2.20. The number of hydrogen-bond donors (Lipinski definition) is 1. The van der Waals surface area contributed by atoms with E-state index in [0.29, 0.717) is 0 Å². The van der Waals surface area contributed by atoms with Crippen molar-refractivity contribution in [1.82, 2.24) is 5.32 Å². The third kappa shape index (κ3) is 0.635. The van der Waals surface area contributed by atoms with Crippen LogP contribution in [0, 0.1) is 5.92 Å². The van der Waals surface area contributed by atoms with Crippen LogP contribution in [0.15, 0.2) is 24.6 Å². The van der Waals surface area contributed by atoms with Crippen molar-refractivity contribution in [1.29, 1.82) is 0 Å². The molecule has 0 saturated heterocycles. The van der Waals surface area contributed by atoms with Crippen molar-refractivity contribution < 1.29 is 9.53 Å². The lowest BCUT2D eigenvalue weighted by atomic mass is 10.0. The summed E-state index contributed by atoms with van der Waals surface area (Å²) >= 11 is 0. The molecular weight excluding hydrogens is 130 g/mol. The molecule has 0 radical (unpaired) electrons. The van der Waals surface area contributed by atoms with E-state index in [4.69, 9.17) is 4.74 Å². The highest BCUT2D eigenvalue weighted by molar-refractivity contribution is 5.83. The van der Waals surface area contributed by atoms with Gasteiger partial charge in [-0.1, -0.05) is 0 Å². The zero-order chi connectivity index (χ0) is 6.97. The maximum absolute atomic E-state index is 11.0. The molecule has 2 aliphatic rings. The average molecular weight is 137 g/mol. The fourth-order valence-corrected chi connectivity index (χ4v) is 1.14. The van der Waals surface area contributed by atoms with Crippen molar-refractivity contribution in [3.63, 3.8) is 0 Å². The van der Waals surface area contributed by atoms with Gasteiger partial charge in [-0.3, -0.25) is 4.79 Å². The van der Waals surface area contributed by atoms with Crippen LogP contribution < -0.4 is 5.32 Å². The molecule has 0 saturated carbocycles. The Labute approximate surface area is 58.4 Å². The summed E-state index contributed by atoms with van der Waals surface area (Å²) in [5.41, 5.74) is 0. The van der Waals surface area contributed by atoms with Crippen molar-refractivity contribution in [2.45, 2.75) is 6.10 Å². The second kappa shape index (κ2) is 1.87. The molecule has 0 aromatic rings. The quantitative estimate of drug-likeness (QED) is 0.516. The summed E-state index contributed by atoms with van der Waals surface area (Å²) < 4.78 is 5.10. The van der Waals surface area contributed by atoms with Crippen LogP contribution >= 0.6 is 0 Å². The van der Waals surface area contributed by atoms with Crippen molar-refractivity contribution in [3.8, 4) is 0 Å². The van der Waals surface area contributed by atoms with Crippen LogP contribution in [0.4, 0.5) is 0 Å². The summed E-state index contributed by atoms with van der Waals surface area (Å²) in [5, 5.41) is 2.60. The third-order valence-corrected chi connectivity index (χ3v) is 1.69. The Morgan fingerprint density at radius 1 is 1.50 bits per heavy atom. The Morgan fingerprint density at radius 3 is 3.20 bits per heavy atom. The number of ether oxygens (including phenoxy) is 1. The van der Waals surface area contributed by atoms with E-state index in [9.17, 15) is 4.79 Å². The van der Waals surface area contributed by atoms with Gasteiger partial charge in [0.05, 0.1) is 6.26 Å². The number of hydrogen-bond acceptors (Lipinski definition) is 2. The Morgan fingerprint density at radius 2 is 2.40 bits per heavy atom. The number of amides is 1. The van der Waals surface area contributed by atoms with E-state index in [1.807, 2.05) is 6.08 Å². The molecule has 2 aliphatic heterocycles. The molecule has 0 aromatic heterocycles. The minimum absolute atomic E-state index is 0.0150. The number of fused-ring (bicyclic) bond motifs is 1. The largest absolute Gasteiger partial charge is 0.493 e. The standard InChI is InChI=1S/C7H7NO2/c9-7-5-2-4-10-6(5)1-3-8-7/h1-6H,(H,8,9). The molecule has 3 nitrogen and oxygen atoms in total. The molecule has 0 spiro atoms. The molecule has 52 valence electrons. The lowest BCUT2D eigenvalue weighted by molar-refractivity contribution is -0.124. The maximum atomic E-state index is 11.0. The monoisotopic (exact) mass is 137 g/mol. The topological polar surface area (TPSA) is 38.3 Å². The Hall–Kier alpha value is -1.25. The second-order valence-corrected chi connectivity index (χ2v) is 2.32. The Bertz CT molecular complexity index is 220. The molecule has 2 unspecified atom stereocenters. The van der Waals surface area contributed by atoms with E-state index in [-0.39, 0.29) is 17.9 Å². The van der Waals surface area contributed by atoms with E-state index < -0.39 is 0 Å². The van der Waals surface area contributed by atoms with Crippen LogP contribution in [0.5, 0.6) is 0 Å². The van der Waals surface area contributed by atoms with Crippen LogP contribution in [0.3, 0.4) is 0 Å². The number of carbonyl (C=O) groups excluding carboxylic acids is 1. The average Bonchev–Trinajstić information content (AvgIpc) is 2.36. The molecule has 2 atom stereocenters. The van der Waals surface area contributed by atoms with Crippen LogP contribution in [0.2, 0.25) is 0 Å². The molecule has 10 heavy (non-hydrogen) atoms. The smallest absolute Gasteiger partial charge is 0.235 e. The first-order chi connectivity index (χ1) is 4.88. The molecule has 1 amide bonds. The molecule has 0 bridgehead atoms. The van der Waals surface area contributed by atoms with Gasteiger partial charge in [0.25, 0.3) is 0 Å². The predicted octanol–water partition coefficient (Wildman–Crippen LogP) is 0.159. The van der Waals surface area contributed by atoms with Crippen molar-refractivity contribution in [2.75, 3.05) is 0 Å². The zero-order valence-electron chi connectivity index (χ0n) is 5.28. The van der Waals surface area contributed by atoms with Crippen LogP contribution in [0.1, 0.15) is 0 Å². The first kappa shape index (κ1) is 5.53. The Balaban J connectivity index is 2.28. The lowest BCUT2D eigenvalue weighted by Gasteiger charge is -2.17. The maximum Gasteiger partial charge on any atom is 0.235 e. The van der Waals surface area contributed by atoms with Crippen molar-refractivity contribution in [3.05, 3.63) is 24.6 Å². The van der Waals surface area contributed by atoms with Gasteiger partial charge in [0.2, 0.25) is 5.91 Å². The van der Waals surface area contributed by atoms with Gasteiger partial charge < -0.3 is 10.1 Å². The first-order valence-electron chi connectivity index (χ1n) is 3.17. The summed E-state index contributed by atoms with van der Waals surface area (Å²) in [4.78, 5) is 11.0. The van der Waals surface area contributed by atoms with Crippen molar-refractivity contribution in [2.24, 2.45) is 5.92 Å². The molecule has 3 heteroatoms. The first-order valence-corrected chi connectivity index (χ1v) is 3.17. The Kier molecular flexibility index (Phi) is 1.03. The summed E-state index contributed by atoms with van der Waals surface area (Å²) in [7, 11) is 0. The second-order valence-electron chi connectivity index (χ2n) is 2.32. The fraction of sp³-hybridized carbons (Fsp3) is 0.286. The number of nitrogens with one attached hydrogen (secondary N) is 1. The molecule has 2 rings (SSSR count). The van der Waals surface area contributed by atoms with Gasteiger partial charge in [0, 0.05) is 6.20 Å². The normalized spacial score (nSPS) is 35.0. The van der Waals surface area contributed by atoms with E-state index in [0.717, 1.165) is 0 Å². The molecule has 0 aliphatic carbocycles. The van der Waals surface area contributed by atoms with Crippen molar-refractivity contribution >= 4 is 5.91 Å². The third-order valence-electron chi connectivity index (χ3n) is 1.69. The summed E-state index contributed by atoms with van der Waals surface area (Å²) in [5.74, 6) is -0.0914. The lowest BCUT2D eigenvalue weighted by Crippen LogP contribution is -2.35. The zero-order valence-corrected chi connectivity index (χ0v) is 5.28. The fourth-order valence-electron chi connectivity index (χ4n) is 1.14. The SMILES string of the molecule is O=C1NC=CC2OC=CC12. The molecule has 0 aromatic carbocycles. The van der Waals surface area contributed by atoms with E-state index in [1.54, 1.807) is 18.5 Å². The molecule has 0 fully saturated rings. The molecule has 2 heterocycles. The highest BCUT2D eigenvalue weighted by Gasteiger charge is 2.30. The summed E-state index contributed by atoms with van der Waals surface area (Å²) in [6, 6.07) is 0. The summed E-state index contributed by atoms with van der Waals surface area (Å²) in [6.07, 6.45) is 6.74. The predicted molar refractivity (Wildman–Crippen MR) is 34.8 cm³/mol.